The zero-order valence-electron chi connectivity index (χ0n) is 8.96. The molecule has 2 unspecified atom stereocenters. The largest absolute Gasteiger partial charge is 0.308 e. The van der Waals surface area contributed by atoms with Gasteiger partial charge in [0.15, 0.2) is 0 Å². The quantitative estimate of drug-likeness (QED) is 0.702. The van der Waals surface area contributed by atoms with Gasteiger partial charge >= 0.3 is 0 Å². The van der Waals surface area contributed by atoms with Crippen LogP contribution in [-0.4, -0.2) is 54.9 Å². The maximum Gasteiger partial charge on any atom is 0.0195 e. The van der Waals surface area contributed by atoms with Crippen molar-refractivity contribution >= 4 is 15.9 Å². The zero-order chi connectivity index (χ0) is 9.84. The van der Waals surface area contributed by atoms with Gasteiger partial charge in [0.25, 0.3) is 0 Å². The minimum atomic E-state index is 0.739. The maximum absolute atomic E-state index is 3.72. The van der Waals surface area contributed by atoms with Gasteiger partial charge in [-0.3, -0.25) is 0 Å². The molecule has 0 spiro atoms. The molecule has 3 heteroatoms. The number of piperidine rings is 1. The molecule has 0 bridgehead atoms. The topological polar surface area (TPSA) is 6.48 Å². The van der Waals surface area contributed by atoms with Gasteiger partial charge in [0.1, 0.15) is 0 Å². The van der Waals surface area contributed by atoms with Crippen molar-refractivity contribution < 1.29 is 0 Å². The van der Waals surface area contributed by atoms with Gasteiger partial charge < -0.3 is 9.80 Å². The predicted molar refractivity (Wildman–Crippen MR) is 61.5 cm³/mol. The van der Waals surface area contributed by atoms with Crippen LogP contribution >= 0.6 is 15.9 Å². The Balaban J connectivity index is 2.21. The summed E-state index contributed by atoms with van der Waals surface area (Å²) in [7, 11) is 4.28. The highest BCUT2D eigenvalue weighted by Gasteiger charge is 2.23. The van der Waals surface area contributed by atoms with Crippen molar-refractivity contribution in [2.24, 2.45) is 5.92 Å². The smallest absolute Gasteiger partial charge is 0.0195 e. The molecule has 1 aliphatic heterocycles. The summed E-state index contributed by atoms with van der Waals surface area (Å²) < 4.78 is 0. The molecule has 2 atom stereocenters. The van der Waals surface area contributed by atoms with E-state index in [-0.39, 0.29) is 0 Å². The van der Waals surface area contributed by atoms with E-state index in [9.17, 15) is 0 Å². The third kappa shape index (κ3) is 3.96. The first-order valence-electron chi connectivity index (χ1n) is 5.10. The van der Waals surface area contributed by atoms with Crippen molar-refractivity contribution in [3.8, 4) is 0 Å². The summed E-state index contributed by atoms with van der Waals surface area (Å²) in [5, 5.41) is 0. The molecule has 1 heterocycles. The Bertz CT molecular complexity index is 150. The third-order valence-corrected chi connectivity index (χ3v) is 4.11. The van der Waals surface area contributed by atoms with Crippen LogP contribution in [0.4, 0.5) is 0 Å². The van der Waals surface area contributed by atoms with E-state index in [1.165, 1.54) is 32.6 Å². The van der Waals surface area contributed by atoms with E-state index in [0.717, 1.165) is 10.7 Å². The van der Waals surface area contributed by atoms with E-state index < -0.39 is 0 Å². The van der Waals surface area contributed by atoms with Crippen LogP contribution < -0.4 is 0 Å². The standard InChI is InChI=1S/C10H21BrN2/c1-9-8-13(5-4-10(9)11)7-6-12(2)3/h9-10H,4-8H2,1-3H3. The summed E-state index contributed by atoms with van der Waals surface area (Å²) in [5.41, 5.74) is 0. The highest BCUT2D eigenvalue weighted by Crippen LogP contribution is 2.22. The highest BCUT2D eigenvalue weighted by molar-refractivity contribution is 9.09. The number of alkyl halides is 1. The highest BCUT2D eigenvalue weighted by atomic mass is 79.9. The molecule has 0 saturated carbocycles. The first-order chi connectivity index (χ1) is 6.09. The lowest BCUT2D eigenvalue weighted by atomic mass is 10.0. The van der Waals surface area contributed by atoms with Gasteiger partial charge in [-0.05, 0) is 33.0 Å². The van der Waals surface area contributed by atoms with E-state index in [4.69, 9.17) is 0 Å². The van der Waals surface area contributed by atoms with E-state index >= 15 is 0 Å². The van der Waals surface area contributed by atoms with Crippen LogP contribution in [0.5, 0.6) is 0 Å². The lowest BCUT2D eigenvalue weighted by Gasteiger charge is -2.34. The Labute approximate surface area is 90.4 Å². The second-order valence-corrected chi connectivity index (χ2v) is 5.56. The molecule has 0 amide bonds. The summed E-state index contributed by atoms with van der Waals surface area (Å²) in [6.45, 7) is 7.25. The summed E-state index contributed by atoms with van der Waals surface area (Å²) in [4.78, 5) is 5.57. The molecule has 1 aliphatic rings. The van der Waals surface area contributed by atoms with Crippen LogP contribution in [-0.2, 0) is 0 Å². The maximum atomic E-state index is 3.72. The van der Waals surface area contributed by atoms with Gasteiger partial charge in [0, 0.05) is 24.5 Å². The monoisotopic (exact) mass is 248 g/mol. The molecule has 0 aliphatic carbocycles. The van der Waals surface area contributed by atoms with Crippen molar-refractivity contribution in [2.45, 2.75) is 18.2 Å². The minimum absolute atomic E-state index is 0.739. The molecule has 1 fully saturated rings. The van der Waals surface area contributed by atoms with Crippen LogP contribution in [0.1, 0.15) is 13.3 Å². The van der Waals surface area contributed by atoms with Crippen LogP contribution in [0, 0.1) is 5.92 Å². The molecule has 0 N–H and O–H groups in total. The van der Waals surface area contributed by atoms with Crippen LogP contribution in [0.2, 0.25) is 0 Å². The fourth-order valence-corrected chi connectivity index (χ4v) is 2.12. The SMILES string of the molecule is CC1CN(CCN(C)C)CCC1Br. The molecule has 2 nitrogen and oxygen atoms in total. The van der Waals surface area contributed by atoms with Gasteiger partial charge in [-0.15, -0.1) is 0 Å². The Hall–Kier alpha value is 0.400. The van der Waals surface area contributed by atoms with Crippen molar-refractivity contribution in [3.63, 3.8) is 0 Å². The van der Waals surface area contributed by atoms with Crippen molar-refractivity contribution in [1.29, 1.82) is 0 Å². The molecule has 1 rings (SSSR count). The second kappa shape index (κ2) is 5.32. The van der Waals surface area contributed by atoms with Crippen LogP contribution in [0.25, 0.3) is 0 Å². The summed E-state index contributed by atoms with van der Waals surface area (Å²) in [5.74, 6) is 0.802. The van der Waals surface area contributed by atoms with Gasteiger partial charge in [0.2, 0.25) is 0 Å². The molecule has 0 aromatic heterocycles. The van der Waals surface area contributed by atoms with Gasteiger partial charge in [-0.1, -0.05) is 22.9 Å². The number of likely N-dealkylation sites (N-methyl/N-ethyl adjacent to an activating group) is 1. The van der Waals surface area contributed by atoms with Crippen molar-refractivity contribution in [2.75, 3.05) is 40.3 Å². The molecular weight excluding hydrogens is 228 g/mol. The molecule has 0 aromatic carbocycles. The van der Waals surface area contributed by atoms with Crippen molar-refractivity contribution in [3.05, 3.63) is 0 Å². The normalized spacial score (nSPS) is 31.2. The number of hydrogen-bond acceptors (Lipinski definition) is 2. The molecule has 13 heavy (non-hydrogen) atoms. The predicted octanol–water partition coefficient (Wildman–Crippen LogP) is 1.65. The lowest BCUT2D eigenvalue weighted by molar-refractivity contribution is 0.176. The Morgan fingerprint density at radius 3 is 2.69 bits per heavy atom. The number of likely N-dealkylation sites (tertiary alicyclic amines) is 1. The molecule has 78 valence electrons. The Morgan fingerprint density at radius 1 is 1.46 bits per heavy atom. The van der Waals surface area contributed by atoms with Gasteiger partial charge in [-0.2, -0.15) is 0 Å². The summed E-state index contributed by atoms with van der Waals surface area (Å²) in [6.07, 6.45) is 1.30. The average Bonchev–Trinajstić information content (AvgIpc) is 2.07. The second-order valence-electron chi connectivity index (χ2n) is 4.39. The van der Waals surface area contributed by atoms with Gasteiger partial charge in [0.05, 0.1) is 0 Å². The molecule has 0 aromatic rings. The number of hydrogen-bond donors (Lipinski definition) is 0. The lowest BCUT2D eigenvalue weighted by Crippen LogP contribution is -2.42. The summed E-state index contributed by atoms with van der Waals surface area (Å²) in [6, 6.07) is 0. The fourth-order valence-electron chi connectivity index (χ4n) is 1.75. The fraction of sp³-hybridized carbons (Fsp3) is 1.00. The van der Waals surface area contributed by atoms with E-state index in [0.29, 0.717) is 0 Å². The van der Waals surface area contributed by atoms with E-state index in [2.05, 4.69) is 46.7 Å². The van der Waals surface area contributed by atoms with Crippen molar-refractivity contribution in [1.82, 2.24) is 9.80 Å². The number of halogens is 1. The molecular formula is C10H21BrN2. The first-order valence-corrected chi connectivity index (χ1v) is 6.02. The Kier molecular flexibility index (Phi) is 4.70. The minimum Gasteiger partial charge on any atom is -0.308 e. The first kappa shape index (κ1) is 11.5. The van der Waals surface area contributed by atoms with Crippen LogP contribution in [0.15, 0.2) is 0 Å². The third-order valence-electron chi connectivity index (χ3n) is 2.75. The average molecular weight is 249 g/mol. The van der Waals surface area contributed by atoms with E-state index in [1.54, 1.807) is 0 Å². The number of rotatable bonds is 3. The molecule has 0 radical (unpaired) electrons. The Morgan fingerprint density at radius 2 is 2.15 bits per heavy atom. The van der Waals surface area contributed by atoms with E-state index in [1.807, 2.05) is 0 Å². The molecule has 1 saturated heterocycles. The van der Waals surface area contributed by atoms with Gasteiger partial charge in [-0.25, -0.2) is 0 Å². The number of nitrogens with zero attached hydrogens (tertiary/aromatic N) is 2. The summed E-state index contributed by atoms with van der Waals surface area (Å²) >= 11 is 3.72. The zero-order valence-corrected chi connectivity index (χ0v) is 10.5. The van der Waals surface area contributed by atoms with Crippen LogP contribution in [0.3, 0.4) is 0 Å².